The Kier molecular flexibility index (Phi) is 2.37. The molecule has 0 unspecified atom stereocenters. The van der Waals surface area contributed by atoms with Crippen molar-refractivity contribution in [3.63, 3.8) is 0 Å². The minimum Gasteiger partial charge on any atom is -0.309 e. The fourth-order valence-corrected chi connectivity index (χ4v) is 1.95. The molecule has 1 saturated carbocycles. The molecule has 2 rings (SSSR count). The Bertz CT molecular complexity index is 146. The minimum absolute atomic E-state index is 0.740. The topological polar surface area (TPSA) is 15.3 Å². The maximum atomic E-state index is 3.70. The molecule has 12 heavy (non-hydrogen) atoms. The van der Waals surface area contributed by atoms with Crippen LogP contribution in [-0.2, 0) is 0 Å². The van der Waals surface area contributed by atoms with Crippen LogP contribution in [0.1, 0.15) is 33.1 Å². The van der Waals surface area contributed by atoms with E-state index in [4.69, 9.17) is 0 Å². The Morgan fingerprint density at radius 2 is 1.83 bits per heavy atom. The number of nitrogens with zero attached hydrogens (tertiary/aromatic N) is 1. The van der Waals surface area contributed by atoms with E-state index in [0.29, 0.717) is 0 Å². The van der Waals surface area contributed by atoms with E-state index < -0.39 is 0 Å². The van der Waals surface area contributed by atoms with Gasteiger partial charge >= 0.3 is 0 Å². The fourth-order valence-electron chi connectivity index (χ4n) is 1.95. The summed E-state index contributed by atoms with van der Waals surface area (Å²) in [5.74, 6) is 0. The highest BCUT2D eigenvalue weighted by atomic mass is 15.3. The maximum absolute atomic E-state index is 3.70. The van der Waals surface area contributed by atoms with Crippen molar-refractivity contribution in [2.45, 2.75) is 51.2 Å². The molecule has 1 aliphatic carbocycles. The number of likely N-dealkylation sites (tertiary alicyclic amines) is 1. The van der Waals surface area contributed by atoms with Gasteiger partial charge in [0, 0.05) is 31.2 Å². The predicted molar refractivity (Wildman–Crippen MR) is 51.3 cm³/mol. The van der Waals surface area contributed by atoms with Crippen LogP contribution in [0.25, 0.3) is 0 Å². The van der Waals surface area contributed by atoms with E-state index in [-0.39, 0.29) is 0 Å². The molecule has 0 atom stereocenters. The van der Waals surface area contributed by atoms with E-state index in [1.807, 2.05) is 0 Å². The lowest BCUT2D eigenvalue weighted by atomic mass is 9.91. The second kappa shape index (κ2) is 3.35. The van der Waals surface area contributed by atoms with Gasteiger partial charge < -0.3 is 5.32 Å². The van der Waals surface area contributed by atoms with Crippen LogP contribution in [0.5, 0.6) is 0 Å². The highest BCUT2D eigenvalue weighted by Gasteiger charge is 2.31. The van der Waals surface area contributed by atoms with Gasteiger partial charge in [-0.2, -0.15) is 0 Å². The Labute approximate surface area is 75.3 Å². The average Bonchev–Trinajstić information content (AvgIpc) is 1.79. The molecule has 0 aromatic carbocycles. The fraction of sp³-hybridized carbons (Fsp3) is 1.00. The average molecular weight is 168 g/mol. The van der Waals surface area contributed by atoms with E-state index >= 15 is 0 Å². The van der Waals surface area contributed by atoms with Gasteiger partial charge in [0.05, 0.1) is 0 Å². The van der Waals surface area contributed by atoms with Crippen LogP contribution in [0.15, 0.2) is 0 Å². The third kappa shape index (κ3) is 1.64. The number of rotatable bonds is 3. The van der Waals surface area contributed by atoms with Crippen molar-refractivity contribution in [1.82, 2.24) is 10.2 Å². The van der Waals surface area contributed by atoms with E-state index in [2.05, 4.69) is 24.1 Å². The summed E-state index contributed by atoms with van der Waals surface area (Å²) in [6, 6.07) is 2.41. The molecular formula is C10H20N2. The van der Waals surface area contributed by atoms with E-state index in [1.165, 1.54) is 32.4 Å². The summed E-state index contributed by atoms with van der Waals surface area (Å²) in [5.41, 5.74) is 0. The van der Waals surface area contributed by atoms with E-state index in [9.17, 15) is 0 Å². The van der Waals surface area contributed by atoms with Crippen molar-refractivity contribution in [3.05, 3.63) is 0 Å². The van der Waals surface area contributed by atoms with Crippen molar-refractivity contribution < 1.29 is 0 Å². The smallest absolute Gasteiger partial charge is 0.0325 e. The molecule has 0 aromatic rings. The summed E-state index contributed by atoms with van der Waals surface area (Å²) in [6.07, 6.45) is 4.27. The van der Waals surface area contributed by atoms with Crippen LogP contribution in [0.4, 0.5) is 0 Å². The van der Waals surface area contributed by atoms with Gasteiger partial charge in [0.15, 0.2) is 0 Å². The zero-order valence-corrected chi connectivity index (χ0v) is 8.21. The second-order valence-corrected chi connectivity index (χ2v) is 4.54. The van der Waals surface area contributed by atoms with E-state index in [0.717, 1.165) is 18.1 Å². The molecule has 1 saturated heterocycles. The first-order chi connectivity index (χ1) is 5.75. The van der Waals surface area contributed by atoms with Gasteiger partial charge in [-0.1, -0.05) is 6.42 Å². The predicted octanol–water partition coefficient (Wildman–Crippen LogP) is 1.22. The Hall–Kier alpha value is -0.0800. The standard InChI is InChI=1S/C10H20N2/c1-8(2)12-6-10(7-12)11-9-4-3-5-9/h8-11H,3-7H2,1-2H3. The lowest BCUT2D eigenvalue weighted by Gasteiger charge is -2.45. The SMILES string of the molecule is CC(C)N1CC(NC2CCC2)C1. The Morgan fingerprint density at radius 3 is 2.25 bits per heavy atom. The van der Waals surface area contributed by atoms with Crippen LogP contribution in [-0.4, -0.2) is 36.1 Å². The molecule has 2 heteroatoms. The molecule has 0 spiro atoms. The van der Waals surface area contributed by atoms with Crippen LogP contribution < -0.4 is 5.32 Å². The van der Waals surface area contributed by atoms with Gasteiger partial charge in [-0.25, -0.2) is 0 Å². The first-order valence-electron chi connectivity index (χ1n) is 5.26. The molecule has 0 radical (unpaired) electrons. The molecule has 0 aromatic heterocycles. The Morgan fingerprint density at radius 1 is 1.17 bits per heavy atom. The molecule has 1 N–H and O–H groups in total. The number of nitrogens with one attached hydrogen (secondary N) is 1. The molecule has 70 valence electrons. The number of hydrogen-bond acceptors (Lipinski definition) is 2. The molecule has 1 aliphatic heterocycles. The van der Waals surface area contributed by atoms with Gasteiger partial charge in [-0.3, -0.25) is 4.90 Å². The normalized spacial score (nSPS) is 27.2. The zero-order valence-electron chi connectivity index (χ0n) is 8.21. The highest BCUT2D eigenvalue weighted by Crippen LogP contribution is 2.21. The van der Waals surface area contributed by atoms with Crippen molar-refractivity contribution in [2.24, 2.45) is 0 Å². The molecular weight excluding hydrogens is 148 g/mol. The molecule has 0 bridgehead atoms. The minimum atomic E-state index is 0.740. The lowest BCUT2D eigenvalue weighted by Crippen LogP contribution is -2.62. The van der Waals surface area contributed by atoms with Gasteiger partial charge in [-0.15, -0.1) is 0 Å². The van der Waals surface area contributed by atoms with Gasteiger partial charge in [-0.05, 0) is 26.7 Å². The molecule has 1 heterocycles. The van der Waals surface area contributed by atoms with Crippen molar-refractivity contribution in [2.75, 3.05) is 13.1 Å². The van der Waals surface area contributed by atoms with Crippen molar-refractivity contribution >= 4 is 0 Å². The highest BCUT2D eigenvalue weighted by molar-refractivity contribution is 4.91. The first kappa shape index (κ1) is 8.52. The summed E-state index contributed by atoms with van der Waals surface area (Å²) >= 11 is 0. The third-order valence-electron chi connectivity index (χ3n) is 3.22. The summed E-state index contributed by atoms with van der Waals surface area (Å²) < 4.78 is 0. The summed E-state index contributed by atoms with van der Waals surface area (Å²) in [7, 11) is 0. The summed E-state index contributed by atoms with van der Waals surface area (Å²) in [6.45, 7) is 7.10. The second-order valence-electron chi connectivity index (χ2n) is 4.54. The first-order valence-corrected chi connectivity index (χ1v) is 5.26. The third-order valence-corrected chi connectivity index (χ3v) is 3.22. The molecule has 0 amide bonds. The van der Waals surface area contributed by atoms with Crippen molar-refractivity contribution in [3.8, 4) is 0 Å². The van der Waals surface area contributed by atoms with Crippen LogP contribution in [0.3, 0.4) is 0 Å². The quantitative estimate of drug-likeness (QED) is 0.681. The van der Waals surface area contributed by atoms with E-state index in [1.54, 1.807) is 0 Å². The van der Waals surface area contributed by atoms with Gasteiger partial charge in [0.1, 0.15) is 0 Å². The summed E-state index contributed by atoms with van der Waals surface area (Å²) in [5, 5.41) is 3.70. The van der Waals surface area contributed by atoms with Crippen LogP contribution in [0, 0.1) is 0 Å². The van der Waals surface area contributed by atoms with Crippen LogP contribution >= 0.6 is 0 Å². The zero-order chi connectivity index (χ0) is 8.55. The monoisotopic (exact) mass is 168 g/mol. The molecule has 2 fully saturated rings. The molecule has 2 nitrogen and oxygen atoms in total. The lowest BCUT2D eigenvalue weighted by molar-refractivity contribution is 0.0771. The molecule has 2 aliphatic rings. The summed E-state index contributed by atoms with van der Waals surface area (Å²) in [4.78, 5) is 2.52. The largest absolute Gasteiger partial charge is 0.309 e. The Balaban J connectivity index is 1.61. The van der Waals surface area contributed by atoms with Crippen LogP contribution in [0.2, 0.25) is 0 Å². The number of hydrogen-bond donors (Lipinski definition) is 1. The maximum Gasteiger partial charge on any atom is 0.0325 e. The van der Waals surface area contributed by atoms with Gasteiger partial charge in [0.25, 0.3) is 0 Å². The van der Waals surface area contributed by atoms with Crippen molar-refractivity contribution in [1.29, 1.82) is 0 Å². The van der Waals surface area contributed by atoms with Gasteiger partial charge in [0.2, 0.25) is 0 Å².